The number of thiazole rings is 1. The van der Waals surface area contributed by atoms with Crippen LogP contribution in [-0.2, 0) is 12.8 Å². The van der Waals surface area contributed by atoms with Gasteiger partial charge < -0.3 is 14.6 Å². The minimum atomic E-state index is -0.897. The topological polar surface area (TPSA) is 73.1 Å². The van der Waals surface area contributed by atoms with Crippen LogP contribution in [0.2, 0.25) is 0 Å². The van der Waals surface area contributed by atoms with E-state index in [9.17, 15) is 9.90 Å². The first-order valence-electron chi connectivity index (χ1n) is 8.54. The van der Waals surface area contributed by atoms with E-state index in [1.807, 2.05) is 36.4 Å². The number of carbonyl (C=O) groups is 1. The Morgan fingerprint density at radius 1 is 1.23 bits per heavy atom. The Kier molecular flexibility index (Phi) is 5.18. The molecular formula is C19H22N2O4S. The molecule has 1 aromatic carbocycles. The van der Waals surface area contributed by atoms with Gasteiger partial charge in [0.25, 0.3) is 0 Å². The number of carboxylic acids is 1. The lowest BCUT2D eigenvalue weighted by atomic mass is 10.1. The van der Waals surface area contributed by atoms with E-state index in [1.54, 1.807) is 14.2 Å². The Labute approximate surface area is 156 Å². The molecule has 0 aliphatic heterocycles. The van der Waals surface area contributed by atoms with E-state index in [4.69, 9.17) is 14.5 Å². The van der Waals surface area contributed by atoms with E-state index in [1.165, 1.54) is 11.3 Å². The van der Waals surface area contributed by atoms with Crippen molar-refractivity contribution in [3.63, 3.8) is 0 Å². The van der Waals surface area contributed by atoms with Gasteiger partial charge in [0, 0.05) is 11.3 Å². The number of imidazole rings is 1. The third-order valence-corrected chi connectivity index (χ3v) is 5.42. The van der Waals surface area contributed by atoms with Gasteiger partial charge in [-0.05, 0) is 31.0 Å². The molecule has 26 heavy (non-hydrogen) atoms. The van der Waals surface area contributed by atoms with E-state index in [-0.39, 0.29) is 0 Å². The van der Waals surface area contributed by atoms with Crippen LogP contribution in [-0.4, -0.2) is 34.7 Å². The summed E-state index contributed by atoms with van der Waals surface area (Å²) in [6.07, 6.45) is 2.29. The highest BCUT2D eigenvalue weighted by molar-refractivity contribution is 7.19. The lowest BCUT2D eigenvalue weighted by Gasteiger charge is -2.11. The van der Waals surface area contributed by atoms with E-state index >= 15 is 0 Å². The highest BCUT2D eigenvalue weighted by Crippen LogP contribution is 2.38. The van der Waals surface area contributed by atoms with Gasteiger partial charge in [-0.3, -0.25) is 4.40 Å². The maximum absolute atomic E-state index is 11.6. The van der Waals surface area contributed by atoms with Gasteiger partial charge in [-0.2, -0.15) is 0 Å². The Balaban J connectivity index is 2.30. The number of hydrogen-bond acceptors (Lipinski definition) is 5. The van der Waals surface area contributed by atoms with Gasteiger partial charge in [-0.15, -0.1) is 0 Å². The largest absolute Gasteiger partial charge is 0.497 e. The number of aromatic carboxylic acids is 1. The van der Waals surface area contributed by atoms with Crippen LogP contribution in [0.3, 0.4) is 0 Å². The highest BCUT2D eigenvalue weighted by atomic mass is 32.1. The number of aromatic nitrogens is 2. The van der Waals surface area contributed by atoms with Crippen molar-refractivity contribution in [2.45, 2.75) is 33.1 Å². The number of ether oxygens (including phenoxy) is 2. The summed E-state index contributed by atoms with van der Waals surface area (Å²) in [6, 6.07) is 5.61. The van der Waals surface area contributed by atoms with Crippen molar-refractivity contribution in [1.82, 2.24) is 9.38 Å². The molecule has 6 nitrogen and oxygen atoms in total. The van der Waals surface area contributed by atoms with Crippen molar-refractivity contribution in [2.75, 3.05) is 14.2 Å². The lowest BCUT2D eigenvalue weighted by Crippen LogP contribution is -2.04. The van der Waals surface area contributed by atoms with Gasteiger partial charge in [-0.25, -0.2) is 9.78 Å². The fourth-order valence-corrected chi connectivity index (χ4v) is 4.23. The minimum absolute atomic E-state index is 0.369. The fraction of sp³-hybridized carbons (Fsp3) is 0.368. The molecule has 0 amide bonds. The van der Waals surface area contributed by atoms with Crippen LogP contribution >= 0.6 is 11.3 Å². The minimum Gasteiger partial charge on any atom is -0.497 e. The summed E-state index contributed by atoms with van der Waals surface area (Å²) >= 11 is 1.22. The van der Waals surface area contributed by atoms with E-state index in [0.717, 1.165) is 41.2 Å². The number of fused-ring (bicyclic) bond motifs is 1. The molecular weight excluding hydrogens is 352 g/mol. The molecule has 0 spiro atoms. The number of rotatable bonds is 7. The molecule has 2 heterocycles. The molecule has 0 aliphatic carbocycles. The van der Waals surface area contributed by atoms with Crippen LogP contribution in [0.5, 0.6) is 11.5 Å². The Morgan fingerprint density at radius 2 is 2.00 bits per heavy atom. The van der Waals surface area contributed by atoms with E-state index in [0.29, 0.717) is 22.0 Å². The number of hydrogen-bond donors (Lipinski definition) is 1. The molecule has 0 atom stereocenters. The average molecular weight is 374 g/mol. The third-order valence-electron chi connectivity index (χ3n) is 4.35. The summed E-state index contributed by atoms with van der Waals surface area (Å²) in [5, 5.41) is 9.54. The maximum atomic E-state index is 11.6. The van der Waals surface area contributed by atoms with Crippen molar-refractivity contribution in [1.29, 1.82) is 0 Å². The Bertz CT molecular complexity index is 958. The molecule has 0 aliphatic rings. The van der Waals surface area contributed by atoms with Crippen molar-refractivity contribution >= 4 is 22.3 Å². The molecule has 0 bridgehead atoms. The van der Waals surface area contributed by atoms with Crippen LogP contribution < -0.4 is 9.47 Å². The lowest BCUT2D eigenvalue weighted by molar-refractivity contribution is 0.0700. The van der Waals surface area contributed by atoms with Gasteiger partial charge in [0.15, 0.2) is 4.96 Å². The number of methoxy groups -OCH3 is 2. The predicted octanol–water partition coefficient (Wildman–Crippen LogP) is 4.29. The first kappa shape index (κ1) is 18.3. The standard InChI is InChI=1S/C19H22N2O4S/c1-5-7-14-17(18(22)23)26-19-20-16(13(6-2)21(14)19)12-10-11(24-3)8-9-15(12)25-4/h8-10H,5-7H2,1-4H3,(H,22,23). The second kappa shape index (κ2) is 7.37. The Morgan fingerprint density at radius 3 is 2.58 bits per heavy atom. The van der Waals surface area contributed by atoms with Crippen molar-refractivity contribution < 1.29 is 19.4 Å². The molecule has 1 N–H and O–H groups in total. The van der Waals surface area contributed by atoms with E-state index in [2.05, 4.69) is 0 Å². The van der Waals surface area contributed by atoms with Crippen LogP contribution in [0.4, 0.5) is 0 Å². The zero-order valence-electron chi connectivity index (χ0n) is 15.3. The van der Waals surface area contributed by atoms with Crippen LogP contribution in [0.15, 0.2) is 18.2 Å². The molecule has 0 saturated carbocycles. The molecule has 7 heteroatoms. The summed E-state index contributed by atoms with van der Waals surface area (Å²) in [4.78, 5) is 17.5. The van der Waals surface area contributed by atoms with Gasteiger partial charge in [-0.1, -0.05) is 31.6 Å². The fourth-order valence-electron chi connectivity index (χ4n) is 3.20. The molecule has 0 fully saturated rings. The molecule has 2 aromatic heterocycles. The zero-order chi connectivity index (χ0) is 18.8. The molecule has 0 radical (unpaired) electrons. The van der Waals surface area contributed by atoms with Gasteiger partial charge in [0.05, 0.1) is 25.6 Å². The normalized spacial score (nSPS) is 11.1. The van der Waals surface area contributed by atoms with Crippen molar-refractivity contribution in [2.24, 2.45) is 0 Å². The van der Waals surface area contributed by atoms with Crippen molar-refractivity contribution in [3.05, 3.63) is 34.5 Å². The SMILES string of the molecule is CCCc1c(C(=O)O)sc2nc(-c3cc(OC)ccc3OC)c(CC)n12. The first-order chi connectivity index (χ1) is 12.5. The molecule has 0 saturated heterocycles. The molecule has 138 valence electrons. The molecule has 3 aromatic rings. The smallest absolute Gasteiger partial charge is 0.347 e. The van der Waals surface area contributed by atoms with Gasteiger partial charge >= 0.3 is 5.97 Å². The number of nitrogens with zero attached hydrogens (tertiary/aromatic N) is 2. The Hall–Kier alpha value is -2.54. The average Bonchev–Trinajstić information content (AvgIpc) is 3.18. The van der Waals surface area contributed by atoms with Crippen LogP contribution in [0.1, 0.15) is 41.3 Å². The molecule has 3 rings (SSSR count). The second-order valence-corrected chi connectivity index (χ2v) is 6.86. The summed E-state index contributed by atoms with van der Waals surface area (Å²) < 4.78 is 12.9. The van der Waals surface area contributed by atoms with Crippen molar-refractivity contribution in [3.8, 4) is 22.8 Å². The zero-order valence-corrected chi connectivity index (χ0v) is 16.1. The van der Waals surface area contributed by atoms with Gasteiger partial charge in [0.2, 0.25) is 0 Å². The number of carboxylic acid groups (broad SMARTS) is 1. The maximum Gasteiger partial charge on any atom is 0.347 e. The van der Waals surface area contributed by atoms with Crippen LogP contribution in [0, 0.1) is 0 Å². The number of aryl methyl sites for hydroxylation is 2. The first-order valence-corrected chi connectivity index (χ1v) is 9.35. The predicted molar refractivity (Wildman–Crippen MR) is 102 cm³/mol. The third kappa shape index (κ3) is 2.92. The summed E-state index contributed by atoms with van der Waals surface area (Å²) in [7, 11) is 3.25. The van der Waals surface area contributed by atoms with Crippen LogP contribution in [0.25, 0.3) is 16.2 Å². The highest BCUT2D eigenvalue weighted by Gasteiger charge is 2.24. The van der Waals surface area contributed by atoms with E-state index < -0.39 is 5.97 Å². The number of benzene rings is 1. The molecule has 0 unspecified atom stereocenters. The monoisotopic (exact) mass is 374 g/mol. The summed E-state index contributed by atoms with van der Waals surface area (Å²) in [5.41, 5.74) is 3.46. The van der Waals surface area contributed by atoms with Gasteiger partial charge in [0.1, 0.15) is 16.4 Å². The summed E-state index contributed by atoms with van der Waals surface area (Å²) in [6.45, 7) is 4.09. The second-order valence-electron chi connectivity index (χ2n) is 5.88. The quantitative estimate of drug-likeness (QED) is 0.668. The summed E-state index contributed by atoms with van der Waals surface area (Å²) in [5.74, 6) is 0.535.